The van der Waals surface area contributed by atoms with Gasteiger partial charge in [-0.2, -0.15) is 0 Å². The molecule has 3 unspecified atom stereocenters. The molecule has 14 heavy (non-hydrogen) atoms. The molecule has 0 aromatic rings. The minimum Gasteiger partial charge on any atom is -0.300 e. The lowest BCUT2D eigenvalue weighted by Crippen LogP contribution is -2.45. The van der Waals surface area contributed by atoms with Gasteiger partial charge in [0.15, 0.2) is 0 Å². The fourth-order valence-corrected chi connectivity index (χ4v) is 3.03. The summed E-state index contributed by atoms with van der Waals surface area (Å²) < 4.78 is 11.1. The summed E-state index contributed by atoms with van der Waals surface area (Å²) in [5, 5.41) is 0. The van der Waals surface area contributed by atoms with Crippen molar-refractivity contribution in [3.8, 4) is 0 Å². The molecule has 0 aromatic carbocycles. The minimum absolute atomic E-state index is 0.441. The van der Waals surface area contributed by atoms with Crippen LogP contribution in [0.15, 0.2) is 0 Å². The molecule has 0 heterocycles. The standard InChI is InChI=1S/C11H23NOS/c1-9(8-14(4)13)12(3)10(2)11-6-5-7-11/h9-11H,5-8H2,1-4H3. The molecule has 1 aliphatic carbocycles. The van der Waals surface area contributed by atoms with Crippen LogP contribution in [0.3, 0.4) is 0 Å². The molecule has 0 aromatic heterocycles. The Morgan fingerprint density at radius 2 is 2.00 bits per heavy atom. The lowest BCUT2D eigenvalue weighted by molar-refractivity contribution is 0.108. The van der Waals surface area contributed by atoms with Crippen LogP contribution in [-0.4, -0.2) is 40.2 Å². The Bertz CT molecular complexity index is 203. The molecule has 0 bridgehead atoms. The fraction of sp³-hybridized carbons (Fsp3) is 1.00. The molecular weight excluding hydrogens is 194 g/mol. The van der Waals surface area contributed by atoms with Crippen molar-refractivity contribution < 1.29 is 4.21 Å². The quantitative estimate of drug-likeness (QED) is 0.701. The summed E-state index contributed by atoms with van der Waals surface area (Å²) in [5.74, 6) is 1.68. The average Bonchev–Trinajstić information content (AvgIpc) is 1.98. The summed E-state index contributed by atoms with van der Waals surface area (Å²) in [5.41, 5.74) is 0. The van der Waals surface area contributed by atoms with Crippen LogP contribution in [0.25, 0.3) is 0 Å². The minimum atomic E-state index is -0.672. The largest absolute Gasteiger partial charge is 0.300 e. The second-order valence-electron chi connectivity index (χ2n) is 4.69. The van der Waals surface area contributed by atoms with Crippen LogP contribution in [0.1, 0.15) is 33.1 Å². The van der Waals surface area contributed by atoms with Crippen molar-refractivity contribution >= 4 is 10.8 Å². The topological polar surface area (TPSA) is 20.3 Å². The van der Waals surface area contributed by atoms with E-state index in [9.17, 15) is 4.21 Å². The first-order valence-corrected chi connectivity index (χ1v) is 7.27. The van der Waals surface area contributed by atoms with E-state index in [1.807, 2.05) is 0 Å². The second kappa shape index (κ2) is 5.26. The van der Waals surface area contributed by atoms with E-state index in [2.05, 4.69) is 25.8 Å². The summed E-state index contributed by atoms with van der Waals surface area (Å²) in [6, 6.07) is 1.10. The van der Waals surface area contributed by atoms with Crippen LogP contribution >= 0.6 is 0 Å². The number of hydrogen-bond donors (Lipinski definition) is 0. The normalized spacial score (nSPS) is 24.4. The molecule has 1 fully saturated rings. The highest BCUT2D eigenvalue weighted by Crippen LogP contribution is 2.32. The van der Waals surface area contributed by atoms with Gasteiger partial charge in [-0.05, 0) is 39.7 Å². The lowest BCUT2D eigenvalue weighted by Gasteiger charge is -2.40. The van der Waals surface area contributed by atoms with Gasteiger partial charge >= 0.3 is 0 Å². The van der Waals surface area contributed by atoms with Gasteiger partial charge in [0.25, 0.3) is 0 Å². The Hall–Kier alpha value is 0.110. The smallest absolute Gasteiger partial charge is 0.0385 e. The van der Waals surface area contributed by atoms with Crippen molar-refractivity contribution in [1.82, 2.24) is 4.90 Å². The zero-order chi connectivity index (χ0) is 10.7. The van der Waals surface area contributed by atoms with Crippen LogP contribution in [-0.2, 0) is 10.8 Å². The van der Waals surface area contributed by atoms with E-state index in [0.717, 1.165) is 11.7 Å². The molecule has 1 aliphatic rings. The van der Waals surface area contributed by atoms with Crippen molar-refractivity contribution in [2.45, 2.75) is 45.2 Å². The van der Waals surface area contributed by atoms with Crippen molar-refractivity contribution in [3.05, 3.63) is 0 Å². The molecular formula is C11H23NOS. The van der Waals surface area contributed by atoms with E-state index in [1.54, 1.807) is 6.26 Å². The SMILES string of the molecule is CC(CS(C)=O)N(C)C(C)C1CCC1. The fourth-order valence-electron chi connectivity index (χ4n) is 2.11. The monoisotopic (exact) mass is 217 g/mol. The number of rotatable bonds is 5. The van der Waals surface area contributed by atoms with E-state index in [1.165, 1.54) is 19.3 Å². The lowest BCUT2D eigenvalue weighted by atomic mass is 9.79. The molecule has 3 heteroatoms. The zero-order valence-electron chi connectivity index (χ0n) is 9.82. The number of nitrogens with zero attached hydrogens (tertiary/aromatic N) is 1. The van der Waals surface area contributed by atoms with E-state index in [-0.39, 0.29) is 0 Å². The maximum atomic E-state index is 11.1. The van der Waals surface area contributed by atoms with Crippen LogP contribution < -0.4 is 0 Å². The van der Waals surface area contributed by atoms with Crippen LogP contribution in [0.4, 0.5) is 0 Å². The maximum absolute atomic E-state index is 11.1. The maximum Gasteiger partial charge on any atom is 0.0385 e. The predicted octanol–water partition coefficient (Wildman–Crippen LogP) is 1.87. The summed E-state index contributed by atoms with van der Waals surface area (Å²) >= 11 is 0. The Morgan fingerprint density at radius 3 is 2.36 bits per heavy atom. The van der Waals surface area contributed by atoms with E-state index < -0.39 is 10.8 Å². The first-order valence-electron chi connectivity index (χ1n) is 5.54. The Balaban J connectivity index is 2.37. The molecule has 3 atom stereocenters. The van der Waals surface area contributed by atoms with Crippen molar-refractivity contribution in [1.29, 1.82) is 0 Å². The molecule has 0 radical (unpaired) electrons. The van der Waals surface area contributed by atoms with E-state index in [0.29, 0.717) is 12.1 Å². The molecule has 2 nitrogen and oxygen atoms in total. The Morgan fingerprint density at radius 1 is 1.43 bits per heavy atom. The van der Waals surface area contributed by atoms with Gasteiger partial charge in [-0.3, -0.25) is 9.11 Å². The van der Waals surface area contributed by atoms with Crippen molar-refractivity contribution in [2.75, 3.05) is 19.1 Å². The van der Waals surface area contributed by atoms with E-state index >= 15 is 0 Å². The van der Waals surface area contributed by atoms with E-state index in [4.69, 9.17) is 0 Å². The van der Waals surface area contributed by atoms with Crippen LogP contribution in [0.5, 0.6) is 0 Å². The molecule has 0 spiro atoms. The second-order valence-corrected chi connectivity index (χ2v) is 6.17. The molecule has 1 saturated carbocycles. The summed E-state index contributed by atoms with van der Waals surface area (Å²) in [7, 11) is 1.50. The van der Waals surface area contributed by atoms with Gasteiger partial charge in [0.05, 0.1) is 0 Å². The highest BCUT2D eigenvalue weighted by molar-refractivity contribution is 7.84. The third-order valence-electron chi connectivity index (χ3n) is 3.65. The zero-order valence-corrected chi connectivity index (χ0v) is 10.6. The molecule has 0 N–H and O–H groups in total. The first kappa shape index (κ1) is 12.2. The predicted molar refractivity (Wildman–Crippen MR) is 63.0 cm³/mol. The summed E-state index contributed by atoms with van der Waals surface area (Å²) in [6.07, 6.45) is 5.95. The van der Waals surface area contributed by atoms with Gasteiger partial charge in [-0.15, -0.1) is 0 Å². The molecule has 0 amide bonds. The molecule has 1 rings (SSSR count). The van der Waals surface area contributed by atoms with Crippen LogP contribution in [0, 0.1) is 5.92 Å². The van der Waals surface area contributed by atoms with Gasteiger partial charge in [-0.1, -0.05) is 6.42 Å². The Labute approximate surface area is 90.5 Å². The van der Waals surface area contributed by atoms with Gasteiger partial charge in [-0.25, -0.2) is 0 Å². The third-order valence-corrected chi connectivity index (χ3v) is 4.60. The van der Waals surface area contributed by atoms with Gasteiger partial charge in [0.2, 0.25) is 0 Å². The molecule has 0 saturated heterocycles. The Kier molecular flexibility index (Phi) is 4.58. The summed E-state index contributed by atoms with van der Waals surface area (Å²) in [4.78, 5) is 2.39. The summed E-state index contributed by atoms with van der Waals surface area (Å²) in [6.45, 7) is 4.48. The van der Waals surface area contributed by atoms with Gasteiger partial charge in [0, 0.05) is 34.9 Å². The number of hydrogen-bond acceptors (Lipinski definition) is 2. The highest BCUT2D eigenvalue weighted by atomic mass is 32.2. The molecule has 84 valence electrons. The van der Waals surface area contributed by atoms with Gasteiger partial charge < -0.3 is 0 Å². The highest BCUT2D eigenvalue weighted by Gasteiger charge is 2.28. The third kappa shape index (κ3) is 3.06. The average molecular weight is 217 g/mol. The first-order chi connectivity index (χ1) is 6.52. The van der Waals surface area contributed by atoms with Gasteiger partial charge in [0.1, 0.15) is 0 Å². The molecule has 0 aliphatic heterocycles. The van der Waals surface area contributed by atoms with Crippen LogP contribution in [0.2, 0.25) is 0 Å². The van der Waals surface area contributed by atoms with Crippen molar-refractivity contribution in [2.24, 2.45) is 5.92 Å². The van der Waals surface area contributed by atoms with Crippen molar-refractivity contribution in [3.63, 3.8) is 0 Å².